The molecule has 2 aromatic carbocycles. The van der Waals surface area contributed by atoms with Crippen molar-refractivity contribution in [3.63, 3.8) is 0 Å². The van der Waals surface area contributed by atoms with Crippen LogP contribution in [0.1, 0.15) is 12.5 Å². The van der Waals surface area contributed by atoms with Gasteiger partial charge < -0.3 is 15.7 Å². The summed E-state index contributed by atoms with van der Waals surface area (Å²) in [7, 11) is 0. The Balaban J connectivity index is 2.14. The molecular weight excluding hydrogens is 290 g/mol. The molecule has 0 unspecified atom stereocenters. The zero-order valence-corrected chi connectivity index (χ0v) is 12.7. The van der Waals surface area contributed by atoms with E-state index in [1.165, 1.54) is 12.3 Å². The van der Waals surface area contributed by atoms with Crippen LogP contribution in [0.4, 0.5) is 11.4 Å². The molecule has 0 atom stereocenters. The second-order valence-electron chi connectivity index (χ2n) is 4.80. The summed E-state index contributed by atoms with van der Waals surface area (Å²) in [5.41, 5.74) is 2.10. The van der Waals surface area contributed by atoms with Crippen molar-refractivity contribution in [1.29, 1.82) is 5.26 Å². The molecule has 0 aromatic heterocycles. The molecule has 0 bridgehead atoms. The highest BCUT2D eigenvalue weighted by Gasteiger charge is 2.11. The van der Waals surface area contributed by atoms with Gasteiger partial charge in [0.15, 0.2) is 0 Å². The number of benzene rings is 2. The van der Waals surface area contributed by atoms with E-state index in [4.69, 9.17) is 5.26 Å². The summed E-state index contributed by atoms with van der Waals surface area (Å²) >= 11 is 0. The van der Waals surface area contributed by atoms with Crippen LogP contribution in [0.5, 0.6) is 5.75 Å². The Labute approximate surface area is 134 Å². The van der Waals surface area contributed by atoms with E-state index in [1.54, 1.807) is 18.2 Å². The topological polar surface area (TPSA) is 85.2 Å². The largest absolute Gasteiger partial charge is 0.506 e. The maximum Gasteiger partial charge on any atom is 0.267 e. The van der Waals surface area contributed by atoms with E-state index in [1.807, 2.05) is 37.3 Å². The number of nitrogens with one attached hydrogen (secondary N) is 2. The van der Waals surface area contributed by atoms with Gasteiger partial charge in [0.2, 0.25) is 0 Å². The molecule has 2 rings (SSSR count). The number of carbonyl (C=O) groups is 1. The summed E-state index contributed by atoms with van der Waals surface area (Å²) in [6, 6.07) is 15.9. The number of hydrogen-bond donors (Lipinski definition) is 3. The van der Waals surface area contributed by atoms with Crippen LogP contribution in [0.3, 0.4) is 0 Å². The Kier molecular flexibility index (Phi) is 5.37. The van der Waals surface area contributed by atoms with Crippen LogP contribution in [0, 0.1) is 11.3 Å². The van der Waals surface area contributed by atoms with Gasteiger partial charge >= 0.3 is 0 Å². The van der Waals surface area contributed by atoms with E-state index in [9.17, 15) is 9.90 Å². The summed E-state index contributed by atoms with van der Waals surface area (Å²) in [4.78, 5) is 12.1. The first kappa shape index (κ1) is 16.1. The average Bonchev–Trinajstić information content (AvgIpc) is 2.58. The van der Waals surface area contributed by atoms with Crippen molar-refractivity contribution in [2.75, 3.05) is 10.6 Å². The third-order valence-electron chi connectivity index (χ3n) is 3.29. The van der Waals surface area contributed by atoms with Crippen molar-refractivity contribution in [2.24, 2.45) is 0 Å². The Morgan fingerprint density at radius 2 is 1.83 bits per heavy atom. The molecule has 0 saturated carbocycles. The fourth-order valence-electron chi connectivity index (χ4n) is 2.04. The molecule has 0 aliphatic carbocycles. The van der Waals surface area contributed by atoms with Gasteiger partial charge in [0.05, 0.1) is 5.69 Å². The summed E-state index contributed by atoms with van der Waals surface area (Å²) in [6.45, 7) is 2.03. The number of carbonyl (C=O) groups excluding carboxylic acids is 1. The molecule has 0 heterocycles. The van der Waals surface area contributed by atoms with Crippen molar-refractivity contribution < 1.29 is 9.90 Å². The van der Waals surface area contributed by atoms with Gasteiger partial charge in [-0.1, -0.05) is 37.3 Å². The summed E-state index contributed by atoms with van der Waals surface area (Å²) in [5.74, 6) is -0.641. The van der Waals surface area contributed by atoms with Crippen LogP contribution in [-0.2, 0) is 11.2 Å². The fourth-order valence-corrected chi connectivity index (χ4v) is 2.04. The molecule has 0 spiro atoms. The molecule has 2 aromatic rings. The molecule has 3 N–H and O–H groups in total. The monoisotopic (exact) mass is 307 g/mol. The molecular formula is C18H17N3O2. The number of anilines is 2. The van der Waals surface area contributed by atoms with Crippen molar-refractivity contribution in [3.8, 4) is 11.8 Å². The van der Waals surface area contributed by atoms with E-state index in [-0.39, 0.29) is 17.0 Å². The first-order valence-corrected chi connectivity index (χ1v) is 7.19. The van der Waals surface area contributed by atoms with Crippen LogP contribution < -0.4 is 10.6 Å². The second-order valence-corrected chi connectivity index (χ2v) is 4.80. The number of aryl methyl sites for hydroxylation is 1. The van der Waals surface area contributed by atoms with Gasteiger partial charge in [0, 0.05) is 11.9 Å². The SMILES string of the molecule is CCc1ccccc1N/C=C(/C#N)C(=O)Nc1ccccc1O. The number of phenolic OH excluding ortho intramolecular Hbond substituents is 1. The minimum absolute atomic E-state index is 0.0533. The van der Waals surface area contributed by atoms with Crippen LogP contribution in [0.25, 0.3) is 0 Å². The van der Waals surface area contributed by atoms with Crippen molar-refractivity contribution in [1.82, 2.24) is 0 Å². The van der Waals surface area contributed by atoms with E-state index < -0.39 is 5.91 Å². The molecule has 1 amide bonds. The minimum Gasteiger partial charge on any atom is -0.506 e. The van der Waals surface area contributed by atoms with Crippen molar-refractivity contribution in [2.45, 2.75) is 13.3 Å². The first-order valence-electron chi connectivity index (χ1n) is 7.19. The van der Waals surface area contributed by atoms with Gasteiger partial charge in [0.1, 0.15) is 17.4 Å². The standard InChI is InChI=1S/C18H17N3O2/c1-2-13-7-3-4-8-15(13)20-12-14(11-19)18(23)21-16-9-5-6-10-17(16)22/h3-10,12,20,22H,2H2,1H3,(H,21,23)/b14-12-. The lowest BCUT2D eigenvalue weighted by Gasteiger charge is -2.08. The smallest absolute Gasteiger partial charge is 0.267 e. The Morgan fingerprint density at radius 3 is 2.48 bits per heavy atom. The van der Waals surface area contributed by atoms with Gasteiger partial charge in [-0.05, 0) is 30.2 Å². The quantitative estimate of drug-likeness (QED) is 0.449. The maximum atomic E-state index is 12.1. The van der Waals surface area contributed by atoms with Gasteiger partial charge in [-0.15, -0.1) is 0 Å². The summed E-state index contributed by atoms with van der Waals surface area (Å²) < 4.78 is 0. The predicted molar refractivity (Wildman–Crippen MR) is 89.9 cm³/mol. The van der Waals surface area contributed by atoms with Crippen molar-refractivity contribution in [3.05, 3.63) is 65.9 Å². The highest BCUT2D eigenvalue weighted by atomic mass is 16.3. The first-order chi connectivity index (χ1) is 11.2. The Bertz CT molecular complexity index is 776. The number of aromatic hydroxyl groups is 1. The molecule has 116 valence electrons. The van der Waals surface area contributed by atoms with Crippen LogP contribution in [0.2, 0.25) is 0 Å². The van der Waals surface area contributed by atoms with E-state index in [0.717, 1.165) is 17.7 Å². The lowest BCUT2D eigenvalue weighted by Crippen LogP contribution is -2.14. The Morgan fingerprint density at radius 1 is 1.17 bits per heavy atom. The number of nitriles is 1. The molecule has 0 fully saturated rings. The molecule has 0 aliphatic rings. The van der Waals surface area contributed by atoms with E-state index in [0.29, 0.717) is 0 Å². The van der Waals surface area contributed by atoms with Crippen LogP contribution >= 0.6 is 0 Å². The number of para-hydroxylation sites is 3. The van der Waals surface area contributed by atoms with Crippen molar-refractivity contribution >= 4 is 17.3 Å². The molecule has 0 aliphatic heterocycles. The highest BCUT2D eigenvalue weighted by Crippen LogP contribution is 2.22. The molecule has 0 radical (unpaired) electrons. The predicted octanol–water partition coefficient (Wildman–Crippen LogP) is 3.41. The fraction of sp³-hybridized carbons (Fsp3) is 0.111. The molecule has 5 nitrogen and oxygen atoms in total. The number of hydrogen-bond acceptors (Lipinski definition) is 4. The zero-order chi connectivity index (χ0) is 16.7. The lowest BCUT2D eigenvalue weighted by molar-refractivity contribution is -0.112. The number of amides is 1. The summed E-state index contributed by atoms with van der Waals surface area (Å²) in [5, 5.41) is 24.3. The Hall–Kier alpha value is -3.26. The van der Waals surface area contributed by atoms with Gasteiger partial charge in [-0.3, -0.25) is 4.79 Å². The maximum absolute atomic E-state index is 12.1. The summed E-state index contributed by atoms with van der Waals surface area (Å²) in [6.07, 6.45) is 2.20. The van der Waals surface area contributed by atoms with E-state index in [2.05, 4.69) is 10.6 Å². The molecule has 5 heteroatoms. The van der Waals surface area contributed by atoms with E-state index >= 15 is 0 Å². The lowest BCUT2D eigenvalue weighted by atomic mass is 10.1. The minimum atomic E-state index is -0.588. The number of nitrogens with zero attached hydrogens (tertiary/aromatic N) is 1. The molecule has 23 heavy (non-hydrogen) atoms. The third-order valence-corrected chi connectivity index (χ3v) is 3.29. The highest BCUT2D eigenvalue weighted by molar-refractivity contribution is 6.07. The second kappa shape index (κ2) is 7.66. The van der Waals surface area contributed by atoms with Gasteiger partial charge in [-0.2, -0.15) is 5.26 Å². The van der Waals surface area contributed by atoms with Gasteiger partial charge in [0.25, 0.3) is 5.91 Å². The number of phenols is 1. The van der Waals surface area contributed by atoms with Gasteiger partial charge in [-0.25, -0.2) is 0 Å². The normalized spacial score (nSPS) is 10.7. The molecule has 0 saturated heterocycles. The number of rotatable bonds is 5. The average molecular weight is 307 g/mol. The third kappa shape index (κ3) is 4.11. The zero-order valence-electron chi connectivity index (χ0n) is 12.7. The van der Waals surface area contributed by atoms with Crippen LogP contribution in [0.15, 0.2) is 60.3 Å². The van der Waals surface area contributed by atoms with Crippen LogP contribution in [-0.4, -0.2) is 11.0 Å².